The second-order valence-corrected chi connectivity index (χ2v) is 7.91. The van der Waals surface area contributed by atoms with Crippen LogP contribution < -0.4 is 10.6 Å². The molecule has 2 amide bonds. The molecule has 4 N–H and O–H groups in total. The van der Waals surface area contributed by atoms with E-state index < -0.39 is 5.97 Å². The molecule has 0 aliphatic carbocycles. The standard InChI is InChI=1S/C21H21N3O4S/c1-13(21(28)24-16-6-5-14-9-10-22-18(14)12-16)29-17-4-2-3-15(11-17)23-19(25)7-8-20(26)27/h2-6,9-13,22H,7-8H2,1H3,(H,23,25)(H,24,28)(H,26,27). The zero-order valence-corrected chi connectivity index (χ0v) is 16.6. The van der Waals surface area contributed by atoms with E-state index >= 15 is 0 Å². The minimum Gasteiger partial charge on any atom is -0.481 e. The monoisotopic (exact) mass is 411 g/mol. The van der Waals surface area contributed by atoms with Crippen LogP contribution in [0.15, 0.2) is 59.6 Å². The van der Waals surface area contributed by atoms with Gasteiger partial charge in [-0.15, -0.1) is 11.8 Å². The number of aromatic nitrogens is 1. The summed E-state index contributed by atoms with van der Waals surface area (Å²) in [6, 6.07) is 14.8. The number of hydrogen-bond donors (Lipinski definition) is 4. The van der Waals surface area contributed by atoms with Gasteiger partial charge in [-0.05, 0) is 48.7 Å². The smallest absolute Gasteiger partial charge is 0.303 e. The van der Waals surface area contributed by atoms with Crippen molar-refractivity contribution in [2.75, 3.05) is 10.6 Å². The number of benzene rings is 2. The van der Waals surface area contributed by atoms with E-state index in [4.69, 9.17) is 5.11 Å². The van der Waals surface area contributed by atoms with Gasteiger partial charge in [-0.1, -0.05) is 12.1 Å². The first kappa shape index (κ1) is 20.5. The number of hydrogen-bond acceptors (Lipinski definition) is 4. The van der Waals surface area contributed by atoms with Crippen LogP contribution in [-0.2, 0) is 14.4 Å². The highest BCUT2D eigenvalue weighted by molar-refractivity contribution is 8.00. The Hall–Kier alpha value is -3.26. The van der Waals surface area contributed by atoms with Gasteiger partial charge in [0.25, 0.3) is 0 Å². The molecule has 0 fully saturated rings. The van der Waals surface area contributed by atoms with Crippen molar-refractivity contribution in [3.05, 3.63) is 54.7 Å². The zero-order chi connectivity index (χ0) is 20.8. The molecule has 0 saturated carbocycles. The fourth-order valence-electron chi connectivity index (χ4n) is 2.72. The van der Waals surface area contributed by atoms with Gasteiger partial charge < -0.3 is 20.7 Å². The second-order valence-electron chi connectivity index (χ2n) is 6.50. The van der Waals surface area contributed by atoms with Crippen molar-refractivity contribution in [1.29, 1.82) is 0 Å². The maximum Gasteiger partial charge on any atom is 0.303 e. The number of amides is 2. The maximum atomic E-state index is 12.5. The molecule has 1 atom stereocenters. The van der Waals surface area contributed by atoms with Crippen LogP contribution in [0, 0.1) is 0 Å². The lowest BCUT2D eigenvalue weighted by molar-refractivity contribution is -0.138. The topological polar surface area (TPSA) is 111 Å². The highest BCUT2D eigenvalue weighted by Gasteiger charge is 2.15. The van der Waals surface area contributed by atoms with Gasteiger partial charge in [-0.25, -0.2) is 0 Å². The minimum atomic E-state index is -1.01. The van der Waals surface area contributed by atoms with Crippen LogP contribution in [0.1, 0.15) is 19.8 Å². The van der Waals surface area contributed by atoms with Gasteiger partial charge in [0.1, 0.15) is 0 Å². The Balaban J connectivity index is 1.57. The summed E-state index contributed by atoms with van der Waals surface area (Å²) in [7, 11) is 0. The third-order valence-corrected chi connectivity index (χ3v) is 5.28. The van der Waals surface area contributed by atoms with Crippen LogP contribution in [0.5, 0.6) is 0 Å². The van der Waals surface area contributed by atoms with E-state index in [1.165, 1.54) is 11.8 Å². The molecule has 150 valence electrons. The van der Waals surface area contributed by atoms with Crippen molar-refractivity contribution in [3.8, 4) is 0 Å². The van der Waals surface area contributed by atoms with Gasteiger partial charge in [-0.2, -0.15) is 0 Å². The second kappa shape index (κ2) is 9.29. The summed E-state index contributed by atoms with van der Waals surface area (Å²) in [4.78, 5) is 38.8. The molecule has 8 heteroatoms. The van der Waals surface area contributed by atoms with E-state index in [0.717, 1.165) is 21.5 Å². The first-order valence-corrected chi connectivity index (χ1v) is 9.95. The van der Waals surface area contributed by atoms with Gasteiger partial charge in [0.15, 0.2) is 0 Å². The van der Waals surface area contributed by atoms with Crippen LogP contribution in [0.4, 0.5) is 11.4 Å². The summed E-state index contributed by atoms with van der Waals surface area (Å²) in [6.45, 7) is 1.81. The zero-order valence-electron chi connectivity index (χ0n) is 15.8. The molecule has 3 rings (SSSR count). The quantitative estimate of drug-likeness (QED) is 0.417. The molecule has 1 heterocycles. The molecule has 7 nitrogen and oxygen atoms in total. The fourth-order valence-corrected chi connectivity index (χ4v) is 3.64. The van der Waals surface area contributed by atoms with Gasteiger partial charge in [0.2, 0.25) is 11.8 Å². The Labute approximate surface area is 171 Å². The summed E-state index contributed by atoms with van der Waals surface area (Å²) in [6.07, 6.45) is 1.55. The Kier molecular flexibility index (Phi) is 6.56. The molecule has 2 aromatic carbocycles. The summed E-state index contributed by atoms with van der Waals surface area (Å²) in [5, 5.41) is 15.0. The largest absolute Gasteiger partial charge is 0.481 e. The van der Waals surface area contributed by atoms with Crippen LogP contribution >= 0.6 is 11.8 Å². The molecule has 0 spiro atoms. The number of carbonyl (C=O) groups is 3. The normalized spacial score (nSPS) is 11.8. The number of carboxylic acid groups (broad SMARTS) is 1. The average Bonchev–Trinajstić information content (AvgIpc) is 3.14. The minimum absolute atomic E-state index is 0.0866. The number of aromatic amines is 1. The third-order valence-electron chi connectivity index (χ3n) is 4.19. The molecule has 3 aromatic rings. The van der Waals surface area contributed by atoms with Crippen LogP contribution in [0.25, 0.3) is 10.9 Å². The summed E-state index contributed by atoms with van der Waals surface area (Å²) < 4.78 is 0. The van der Waals surface area contributed by atoms with Crippen molar-refractivity contribution in [2.45, 2.75) is 29.9 Å². The van der Waals surface area contributed by atoms with E-state index in [-0.39, 0.29) is 29.9 Å². The SMILES string of the molecule is CC(Sc1cccc(NC(=O)CCC(=O)O)c1)C(=O)Nc1ccc2cc[nH]c2c1. The number of H-pyrrole nitrogens is 1. The maximum absolute atomic E-state index is 12.5. The number of fused-ring (bicyclic) bond motifs is 1. The lowest BCUT2D eigenvalue weighted by atomic mass is 10.2. The van der Waals surface area contributed by atoms with E-state index in [1.807, 2.05) is 43.5 Å². The Bertz CT molecular complexity index is 1050. The van der Waals surface area contributed by atoms with E-state index in [1.54, 1.807) is 18.2 Å². The van der Waals surface area contributed by atoms with Crippen molar-refractivity contribution in [1.82, 2.24) is 4.98 Å². The molecule has 0 aliphatic heterocycles. The van der Waals surface area contributed by atoms with Crippen LogP contribution in [-0.4, -0.2) is 33.1 Å². The molecule has 0 aliphatic rings. The van der Waals surface area contributed by atoms with E-state index in [2.05, 4.69) is 15.6 Å². The predicted octanol–water partition coefficient (Wildman–Crippen LogP) is 4.09. The van der Waals surface area contributed by atoms with Crippen molar-refractivity contribution >= 4 is 51.8 Å². The van der Waals surface area contributed by atoms with E-state index in [9.17, 15) is 14.4 Å². The first-order chi connectivity index (χ1) is 13.9. The van der Waals surface area contributed by atoms with Crippen molar-refractivity contribution in [3.63, 3.8) is 0 Å². The lowest BCUT2D eigenvalue weighted by Gasteiger charge is -2.13. The first-order valence-electron chi connectivity index (χ1n) is 9.07. The summed E-state index contributed by atoms with van der Waals surface area (Å²) in [5.74, 6) is -1.50. The van der Waals surface area contributed by atoms with Crippen molar-refractivity contribution < 1.29 is 19.5 Å². The van der Waals surface area contributed by atoms with Gasteiger partial charge in [0.05, 0.1) is 11.7 Å². The van der Waals surface area contributed by atoms with Crippen LogP contribution in [0.2, 0.25) is 0 Å². The summed E-state index contributed by atoms with van der Waals surface area (Å²) in [5.41, 5.74) is 2.24. The number of aliphatic carboxylic acids is 1. The fraction of sp³-hybridized carbons (Fsp3) is 0.190. The van der Waals surface area contributed by atoms with Crippen molar-refractivity contribution in [2.24, 2.45) is 0 Å². The lowest BCUT2D eigenvalue weighted by Crippen LogP contribution is -2.22. The highest BCUT2D eigenvalue weighted by Crippen LogP contribution is 2.27. The van der Waals surface area contributed by atoms with Gasteiger partial charge in [-0.3, -0.25) is 14.4 Å². The number of rotatable bonds is 8. The number of anilines is 2. The molecule has 1 aromatic heterocycles. The molecule has 1 unspecified atom stereocenters. The third kappa shape index (κ3) is 5.86. The Morgan fingerprint density at radius 1 is 1.03 bits per heavy atom. The van der Waals surface area contributed by atoms with Gasteiger partial charge in [0, 0.05) is 34.4 Å². The molecule has 0 radical (unpaired) electrons. The number of carboxylic acids is 1. The average molecular weight is 411 g/mol. The number of carbonyl (C=O) groups excluding carboxylic acids is 2. The molecular weight excluding hydrogens is 390 g/mol. The van der Waals surface area contributed by atoms with E-state index in [0.29, 0.717) is 5.69 Å². The highest BCUT2D eigenvalue weighted by atomic mass is 32.2. The summed E-state index contributed by atoms with van der Waals surface area (Å²) >= 11 is 1.37. The predicted molar refractivity (Wildman–Crippen MR) is 114 cm³/mol. The Morgan fingerprint density at radius 3 is 2.62 bits per heavy atom. The molecule has 0 bridgehead atoms. The molecule has 29 heavy (non-hydrogen) atoms. The molecule has 0 saturated heterocycles. The number of thioether (sulfide) groups is 1. The molecular formula is C21H21N3O4S. The Morgan fingerprint density at radius 2 is 1.83 bits per heavy atom. The van der Waals surface area contributed by atoms with Gasteiger partial charge >= 0.3 is 5.97 Å². The van der Waals surface area contributed by atoms with Crippen LogP contribution in [0.3, 0.4) is 0 Å². The number of nitrogens with one attached hydrogen (secondary N) is 3.